The predicted molar refractivity (Wildman–Crippen MR) is 117 cm³/mol. The van der Waals surface area contributed by atoms with Crippen molar-refractivity contribution in [3.63, 3.8) is 0 Å². The summed E-state index contributed by atoms with van der Waals surface area (Å²) in [5, 5.41) is 0. The highest BCUT2D eigenvalue weighted by Crippen LogP contribution is 2.42. The van der Waals surface area contributed by atoms with Crippen LogP contribution < -0.4 is 5.73 Å². The van der Waals surface area contributed by atoms with E-state index in [0.717, 1.165) is 42.1 Å². The number of rotatable bonds is 4. The van der Waals surface area contributed by atoms with Crippen LogP contribution in [0.5, 0.6) is 0 Å². The van der Waals surface area contributed by atoms with Gasteiger partial charge >= 0.3 is 0 Å². The number of likely N-dealkylation sites (tertiary alicyclic amines) is 1. The van der Waals surface area contributed by atoms with Gasteiger partial charge in [0.1, 0.15) is 6.26 Å². The fourth-order valence-electron chi connectivity index (χ4n) is 4.21. The summed E-state index contributed by atoms with van der Waals surface area (Å²) in [7, 11) is 0. The number of hydrogen-bond acceptors (Lipinski definition) is 4. The molecule has 2 unspecified atom stereocenters. The summed E-state index contributed by atoms with van der Waals surface area (Å²) in [6.07, 6.45) is 3.80. The molecule has 0 aromatic heterocycles. The maximum atomic E-state index is 13.2. The number of nitrogens with zero attached hydrogens (tertiary/aromatic N) is 1. The van der Waals surface area contributed by atoms with E-state index in [9.17, 15) is 9.35 Å². The van der Waals surface area contributed by atoms with E-state index in [0.29, 0.717) is 12.5 Å². The largest absolute Gasteiger partial charge is 0.342 e. The zero-order valence-electron chi connectivity index (χ0n) is 16.1. The number of carbonyl (C=O) groups excluding carboxylic acids is 1. The Balaban J connectivity index is 1.43. The van der Waals surface area contributed by atoms with Gasteiger partial charge in [0.2, 0.25) is 5.91 Å². The third-order valence-electron chi connectivity index (χ3n) is 5.87. The standard InChI is InChI=1S/C22H27N2O2S2/c1-28(26)18-5-6-21-19(12-18)20(14-27-21)22(25)24-9-7-16(8-10-24)17-4-2-3-15(11-17)13-23/h2-6,11-12,16,20,26H,7-10,13-14,23H2,1H3/q+1. The van der Waals surface area contributed by atoms with Crippen LogP contribution >= 0.6 is 11.8 Å². The molecule has 6 heteroatoms. The van der Waals surface area contributed by atoms with Crippen LogP contribution in [0.2, 0.25) is 0 Å². The van der Waals surface area contributed by atoms with Crippen LogP contribution in [-0.2, 0) is 22.5 Å². The Morgan fingerprint density at radius 2 is 2.04 bits per heavy atom. The molecule has 1 saturated heterocycles. The van der Waals surface area contributed by atoms with Gasteiger partial charge in [0.05, 0.1) is 5.92 Å². The summed E-state index contributed by atoms with van der Waals surface area (Å²) < 4.78 is 9.92. The fourth-order valence-corrected chi connectivity index (χ4v) is 5.97. The quantitative estimate of drug-likeness (QED) is 0.745. The van der Waals surface area contributed by atoms with E-state index in [4.69, 9.17) is 5.73 Å². The number of nitrogens with two attached hydrogens (primary N) is 1. The zero-order chi connectivity index (χ0) is 19.7. The first-order valence-electron chi connectivity index (χ1n) is 9.76. The van der Waals surface area contributed by atoms with Crippen molar-refractivity contribution < 1.29 is 9.35 Å². The zero-order valence-corrected chi connectivity index (χ0v) is 17.8. The summed E-state index contributed by atoms with van der Waals surface area (Å²) in [4.78, 5) is 17.4. The minimum absolute atomic E-state index is 0.0828. The second-order valence-corrected chi connectivity index (χ2v) is 10.1. The van der Waals surface area contributed by atoms with Crippen molar-refractivity contribution in [2.24, 2.45) is 5.73 Å². The molecule has 1 fully saturated rings. The maximum Gasteiger partial charge on any atom is 0.231 e. The Labute approximate surface area is 174 Å². The summed E-state index contributed by atoms with van der Waals surface area (Å²) in [6.45, 7) is 2.19. The van der Waals surface area contributed by atoms with Crippen LogP contribution in [0.4, 0.5) is 0 Å². The molecule has 148 valence electrons. The summed E-state index contributed by atoms with van der Waals surface area (Å²) in [5.41, 5.74) is 9.39. The molecule has 0 aliphatic carbocycles. The topological polar surface area (TPSA) is 66.6 Å². The van der Waals surface area contributed by atoms with E-state index in [2.05, 4.69) is 30.3 Å². The second kappa shape index (κ2) is 8.49. The van der Waals surface area contributed by atoms with Gasteiger partial charge in [0, 0.05) is 36.3 Å². The third-order valence-corrected chi connectivity index (χ3v) is 7.99. The van der Waals surface area contributed by atoms with Crippen molar-refractivity contribution in [3.8, 4) is 0 Å². The number of thioether (sulfide) groups is 1. The molecule has 2 heterocycles. The highest BCUT2D eigenvalue weighted by atomic mass is 32.2. The lowest BCUT2D eigenvalue weighted by Gasteiger charge is -2.34. The molecular weight excluding hydrogens is 388 g/mol. The van der Waals surface area contributed by atoms with Gasteiger partial charge in [-0.3, -0.25) is 4.79 Å². The molecule has 3 N–H and O–H groups in total. The van der Waals surface area contributed by atoms with Gasteiger partial charge in [-0.05, 0) is 47.6 Å². The number of benzene rings is 2. The molecule has 2 aliphatic rings. The van der Waals surface area contributed by atoms with Crippen LogP contribution in [0.25, 0.3) is 0 Å². The van der Waals surface area contributed by atoms with Gasteiger partial charge in [0.25, 0.3) is 0 Å². The monoisotopic (exact) mass is 415 g/mol. The van der Waals surface area contributed by atoms with Crippen molar-refractivity contribution in [2.75, 3.05) is 25.1 Å². The van der Waals surface area contributed by atoms with Crippen molar-refractivity contribution >= 4 is 28.8 Å². The first kappa shape index (κ1) is 19.8. The maximum absolute atomic E-state index is 13.2. The van der Waals surface area contributed by atoms with Gasteiger partial charge in [0.15, 0.2) is 16.1 Å². The van der Waals surface area contributed by atoms with Crippen LogP contribution in [0.15, 0.2) is 52.3 Å². The van der Waals surface area contributed by atoms with Crippen molar-refractivity contribution in [2.45, 2.75) is 41.0 Å². The first-order valence-corrected chi connectivity index (χ1v) is 12.3. The second-order valence-electron chi connectivity index (χ2n) is 7.59. The smallest absolute Gasteiger partial charge is 0.231 e. The van der Waals surface area contributed by atoms with Crippen LogP contribution in [0.1, 0.15) is 41.4 Å². The normalized spacial score (nSPS) is 20.8. The van der Waals surface area contributed by atoms with E-state index >= 15 is 0 Å². The minimum atomic E-state index is -0.776. The van der Waals surface area contributed by atoms with Crippen molar-refractivity contribution in [3.05, 3.63) is 59.2 Å². The van der Waals surface area contributed by atoms with Crippen LogP contribution in [0.3, 0.4) is 0 Å². The molecule has 2 aliphatic heterocycles. The van der Waals surface area contributed by atoms with Gasteiger partial charge < -0.3 is 10.6 Å². The SMILES string of the molecule is C[S+](O)c1ccc2c(c1)C(C(=O)N1CCC(c3cccc(CN)c3)CC1)CS2. The molecule has 0 saturated carbocycles. The Morgan fingerprint density at radius 3 is 2.75 bits per heavy atom. The van der Waals surface area contributed by atoms with Crippen LogP contribution in [0, 0.1) is 0 Å². The van der Waals surface area contributed by atoms with Crippen molar-refractivity contribution in [1.29, 1.82) is 0 Å². The molecule has 4 nitrogen and oxygen atoms in total. The van der Waals surface area contributed by atoms with Gasteiger partial charge in [-0.25, -0.2) is 0 Å². The lowest BCUT2D eigenvalue weighted by atomic mass is 9.88. The summed E-state index contributed by atoms with van der Waals surface area (Å²) in [5.74, 6) is 1.47. The van der Waals surface area contributed by atoms with Crippen molar-refractivity contribution in [1.82, 2.24) is 4.90 Å². The minimum Gasteiger partial charge on any atom is -0.342 e. The Bertz CT molecular complexity index is 863. The van der Waals surface area contributed by atoms with E-state index in [1.54, 1.807) is 18.0 Å². The summed E-state index contributed by atoms with van der Waals surface area (Å²) in [6, 6.07) is 14.6. The van der Waals surface area contributed by atoms with Gasteiger partial charge in [-0.15, -0.1) is 11.8 Å². The number of amides is 1. The number of carbonyl (C=O) groups is 1. The number of piperidine rings is 1. The van der Waals surface area contributed by atoms with E-state index in [-0.39, 0.29) is 11.8 Å². The average molecular weight is 416 g/mol. The Morgan fingerprint density at radius 1 is 1.25 bits per heavy atom. The molecule has 4 rings (SSSR count). The lowest BCUT2D eigenvalue weighted by molar-refractivity contribution is -0.133. The highest BCUT2D eigenvalue weighted by Gasteiger charge is 2.35. The molecule has 2 atom stereocenters. The first-order chi connectivity index (χ1) is 13.6. The lowest BCUT2D eigenvalue weighted by Crippen LogP contribution is -2.40. The Hall–Kier alpha value is -1.47. The highest BCUT2D eigenvalue weighted by molar-refractivity contribution is 7.99. The molecule has 28 heavy (non-hydrogen) atoms. The molecular formula is C22H27N2O2S2+. The fraction of sp³-hybridized carbons (Fsp3) is 0.409. The van der Waals surface area contributed by atoms with E-state index < -0.39 is 11.2 Å². The molecule has 0 radical (unpaired) electrons. The Kier molecular flexibility index (Phi) is 6.01. The summed E-state index contributed by atoms with van der Waals surface area (Å²) >= 11 is 0.976. The third kappa shape index (κ3) is 3.96. The molecule has 0 bridgehead atoms. The van der Waals surface area contributed by atoms with Gasteiger partial charge in [-0.2, -0.15) is 4.55 Å². The van der Waals surface area contributed by atoms with E-state index in [1.807, 2.05) is 17.0 Å². The number of fused-ring (bicyclic) bond motifs is 1. The average Bonchev–Trinajstić information content (AvgIpc) is 3.16. The molecule has 2 aromatic rings. The molecule has 2 aromatic carbocycles. The molecule has 0 spiro atoms. The van der Waals surface area contributed by atoms with E-state index in [1.165, 1.54) is 16.0 Å². The number of hydrogen-bond donors (Lipinski definition) is 2. The van der Waals surface area contributed by atoms with Crippen LogP contribution in [-0.4, -0.2) is 40.5 Å². The predicted octanol–water partition coefficient (Wildman–Crippen LogP) is 3.82. The molecule has 1 amide bonds. The van der Waals surface area contributed by atoms with Gasteiger partial charge in [-0.1, -0.05) is 24.3 Å².